The van der Waals surface area contributed by atoms with Crippen LogP contribution in [0.4, 0.5) is 5.69 Å². The van der Waals surface area contributed by atoms with E-state index in [1.807, 2.05) is 0 Å². The number of rotatable bonds is 6. The zero-order valence-electron chi connectivity index (χ0n) is 9.54. The Bertz CT molecular complexity index is 366. The number of nitro groups is 1. The van der Waals surface area contributed by atoms with Gasteiger partial charge in [0.25, 0.3) is 5.69 Å². The van der Waals surface area contributed by atoms with Crippen molar-refractivity contribution in [2.24, 2.45) is 0 Å². The summed E-state index contributed by atoms with van der Waals surface area (Å²) in [6.07, 6.45) is -1.50. The molecule has 0 aliphatic rings. The Morgan fingerprint density at radius 1 is 1.35 bits per heavy atom. The Morgan fingerprint density at radius 2 is 1.94 bits per heavy atom. The van der Waals surface area contributed by atoms with Crippen molar-refractivity contribution in [1.29, 1.82) is 0 Å². The van der Waals surface area contributed by atoms with E-state index < -0.39 is 17.1 Å². The van der Waals surface area contributed by atoms with E-state index in [0.29, 0.717) is 18.5 Å². The largest absolute Gasteiger partial charge is 0.390 e. The molecular weight excluding hydrogens is 224 g/mol. The maximum atomic E-state index is 10.4. The summed E-state index contributed by atoms with van der Waals surface area (Å²) in [4.78, 5) is 9.94. The highest BCUT2D eigenvalue weighted by molar-refractivity contribution is 5.34. The number of benzene rings is 1. The van der Waals surface area contributed by atoms with Gasteiger partial charge in [0.05, 0.1) is 11.0 Å². The van der Waals surface area contributed by atoms with Crippen molar-refractivity contribution in [3.8, 4) is 0 Å². The monoisotopic (exact) mass is 240 g/mol. The van der Waals surface area contributed by atoms with Gasteiger partial charge in [-0.1, -0.05) is 0 Å². The van der Waals surface area contributed by atoms with Crippen LogP contribution in [0.15, 0.2) is 24.3 Å². The van der Waals surface area contributed by atoms with Crippen molar-refractivity contribution >= 4 is 5.69 Å². The number of aliphatic hydroxyl groups excluding tert-OH is 2. The first-order valence-electron chi connectivity index (χ1n) is 5.31. The van der Waals surface area contributed by atoms with Gasteiger partial charge in [-0.15, -0.1) is 0 Å². The van der Waals surface area contributed by atoms with E-state index in [9.17, 15) is 20.3 Å². The zero-order valence-corrected chi connectivity index (χ0v) is 9.54. The fourth-order valence-electron chi connectivity index (χ4n) is 1.47. The van der Waals surface area contributed by atoms with Gasteiger partial charge in [-0.05, 0) is 37.7 Å². The van der Waals surface area contributed by atoms with Gasteiger partial charge in [0.15, 0.2) is 0 Å². The van der Waals surface area contributed by atoms with Crippen LogP contribution in [0.3, 0.4) is 0 Å². The molecule has 1 rings (SSSR count). The average Bonchev–Trinajstić information content (AvgIpc) is 2.35. The molecule has 2 unspecified atom stereocenters. The number of hydrogen-bond acceptors (Lipinski definition) is 5. The highest BCUT2D eigenvalue weighted by Crippen LogP contribution is 2.21. The fraction of sp³-hybridized carbons (Fsp3) is 0.455. The van der Waals surface area contributed by atoms with Crippen LogP contribution < -0.4 is 5.32 Å². The third-order valence-corrected chi connectivity index (χ3v) is 2.50. The van der Waals surface area contributed by atoms with E-state index in [-0.39, 0.29) is 5.69 Å². The van der Waals surface area contributed by atoms with Crippen LogP contribution in [0, 0.1) is 10.1 Å². The van der Waals surface area contributed by atoms with Crippen LogP contribution in [-0.2, 0) is 0 Å². The molecule has 0 spiro atoms. The molecular formula is C11H16N2O4. The SMILES string of the molecule is CNCCC(O)C(O)c1ccc([N+](=O)[O-])cc1. The summed E-state index contributed by atoms with van der Waals surface area (Å²) < 4.78 is 0. The van der Waals surface area contributed by atoms with Crippen LogP contribution in [0.1, 0.15) is 18.1 Å². The normalized spacial score (nSPS) is 14.3. The van der Waals surface area contributed by atoms with Gasteiger partial charge in [-0.3, -0.25) is 10.1 Å². The minimum absolute atomic E-state index is 0.0364. The molecule has 1 aromatic carbocycles. The van der Waals surface area contributed by atoms with Crippen molar-refractivity contribution in [3.63, 3.8) is 0 Å². The average molecular weight is 240 g/mol. The highest BCUT2D eigenvalue weighted by Gasteiger charge is 2.18. The predicted octanol–water partition coefficient (Wildman–Crippen LogP) is 0.599. The highest BCUT2D eigenvalue weighted by atomic mass is 16.6. The molecule has 2 atom stereocenters. The van der Waals surface area contributed by atoms with Crippen LogP contribution in [0.5, 0.6) is 0 Å². The van der Waals surface area contributed by atoms with Crippen LogP contribution >= 0.6 is 0 Å². The third kappa shape index (κ3) is 3.77. The smallest absolute Gasteiger partial charge is 0.269 e. The lowest BCUT2D eigenvalue weighted by molar-refractivity contribution is -0.384. The van der Waals surface area contributed by atoms with Gasteiger partial charge >= 0.3 is 0 Å². The number of non-ortho nitro benzene ring substituents is 1. The Morgan fingerprint density at radius 3 is 2.41 bits per heavy atom. The van der Waals surface area contributed by atoms with E-state index in [2.05, 4.69) is 5.32 Å². The molecule has 0 aromatic heterocycles. The summed E-state index contributed by atoms with van der Waals surface area (Å²) in [7, 11) is 1.75. The lowest BCUT2D eigenvalue weighted by Crippen LogP contribution is -2.23. The van der Waals surface area contributed by atoms with Gasteiger partial charge in [-0.25, -0.2) is 0 Å². The number of aliphatic hydroxyl groups is 2. The molecule has 6 nitrogen and oxygen atoms in total. The molecule has 0 bridgehead atoms. The van der Waals surface area contributed by atoms with E-state index in [4.69, 9.17) is 0 Å². The van der Waals surface area contributed by atoms with Crippen LogP contribution in [0.25, 0.3) is 0 Å². The summed E-state index contributed by atoms with van der Waals surface area (Å²) in [5, 5.41) is 32.8. The number of nitro benzene ring substituents is 1. The topological polar surface area (TPSA) is 95.6 Å². The minimum Gasteiger partial charge on any atom is -0.390 e. The van der Waals surface area contributed by atoms with Gasteiger partial charge in [0.2, 0.25) is 0 Å². The molecule has 94 valence electrons. The Kier molecular flexibility index (Phi) is 5.02. The van der Waals surface area contributed by atoms with Gasteiger partial charge in [-0.2, -0.15) is 0 Å². The summed E-state index contributed by atoms with van der Waals surface area (Å²) >= 11 is 0. The zero-order chi connectivity index (χ0) is 12.8. The molecule has 0 amide bonds. The molecule has 0 fully saturated rings. The fourth-order valence-corrected chi connectivity index (χ4v) is 1.47. The molecule has 0 saturated carbocycles. The minimum atomic E-state index is -1.02. The second-order valence-corrected chi connectivity index (χ2v) is 3.75. The maximum Gasteiger partial charge on any atom is 0.269 e. The van der Waals surface area contributed by atoms with E-state index >= 15 is 0 Å². The quantitative estimate of drug-likeness (QED) is 0.500. The van der Waals surface area contributed by atoms with Gasteiger partial charge in [0.1, 0.15) is 6.10 Å². The van der Waals surface area contributed by atoms with Crippen LogP contribution in [0.2, 0.25) is 0 Å². The predicted molar refractivity (Wildman–Crippen MR) is 62.6 cm³/mol. The number of hydrogen-bond donors (Lipinski definition) is 3. The third-order valence-electron chi connectivity index (χ3n) is 2.50. The van der Waals surface area contributed by atoms with E-state index in [1.54, 1.807) is 7.05 Å². The van der Waals surface area contributed by atoms with Crippen molar-refractivity contribution in [2.75, 3.05) is 13.6 Å². The first-order chi connectivity index (χ1) is 8.06. The second-order valence-electron chi connectivity index (χ2n) is 3.75. The van der Waals surface area contributed by atoms with Gasteiger partial charge < -0.3 is 15.5 Å². The number of nitrogens with one attached hydrogen (secondary N) is 1. The van der Waals surface area contributed by atoms with Crippen molar-refractivity contribution in [2.45, 2.75) is 18.6 Å². The molecule has 0 radical (unpaired) electrons. The van der Waals surface area contributed by atoms with Crippen LogP contribution in [-0.4, -0.2) is 34.8 Å². The Labute approximate surface area is 99.0 Å². The lowest BCUT2D eigenvalue weighted by Gasteiger charge is -2.17. The molecule has 3 N–H and O–H groups in total. The van der Waals surface area contributed by atoms with Crippen molar-refractivity contribution in [1.82, 2.24) is 5.32 Å². The van der Waals surface area contributed by atoms with E-state index in [1.165, 1.54) is 24.3 Å². The standard InChI is InChI=1S/C11H16N2O4/c1-12-7-6-10(14)11(15)8-2-4-9(5-3-8)13(16)17/h2-5,10-12,14-15H,6-7H2,1H3. The first kappa shape index (κ1) is 13.6. The lowest BCUT2D eigenvalue weighted by atomic mass is 10.0. The maximum absolute atomic E-state index is 10.4. The number of nitrogens with zero attached hydrogens (tertiary/aromatic N) is 1. The molecule has 6 heteroatoms. The summed E-state index contributed by atoms with van der Waals surface area (Å²) in [5.41, 5.74) is 0.435. The van der Waals surface area contributed by atoms with Crippen molar-refractivity contribution in [3.05, 3.63) is 39.9 Å². The van der Waals surface area contributed by atoms with Crippen molar-refractivity contribution < 1.29 is 15.1 Å². The van der Waals surface area contributed by atoms with E-state index in [0.717, 1.165) is 0 Å². The molecule has 0 heterocycles. The Hall–Kier alpha value is -1.50. The molecule has 17 heavy (non-hydrogen) atoms. The molecule has 0 saturated heterocycles. The summed E-state index contributed by atoms with van der Waals surface area (Å²) in [5.74, 6) is 0. The van der Waals surface area contributed by atoms with Gasteiger partial charge in [0, 0.05) is 12.1 Å². The summed E-state index contributed by atoms with van der Waals surface area (Å²) in [6, 6.07) is 5.52. The first-order valence-corrected chi connectivity index (χ1v) is 5.31. The summed E-state index contributed by atoms with van der Waals surface area (Å²) in [6.45, 7) is 0.589. The molecule has 1 aromatic rings. The second kappa shape index (κ2) is 6.29. The molecule has 0 aliphatic heterocycles. The molecule has 0 aliphatic carbocycles. The Balaban J connectivity index is 2.68.